The predicted molar refractivity (Wildman–Crippen MR) is 82.6 cm³/mol. The van der Waals surface area contributed by atoms with Crippen LogP contribution < -0.4 is 24.8 Å². The molecule has 0 saturated carbocycles. The molecule has 0 unspecified atom stereocenters. The quantitative estimate of drug-likeness (QED) is 0.411. The maximum absolute atomic E-state index is 3.54. The van der Waals surface area contributed by atoms with Crippen LogP contribution in [0.25, 0.3) is 0 Å². The van der Waals surface area contributed by atoms with Gasteiger partial charge in [-0.25, -0.2) is 22.3 Å². The largest absolute Gasteiger partial charge is 4.00 e. The van der Waals surface area contributed by atoms with Gasteiger partial charge >= 0.3 is 21.7 Å². The second-order valence-corrected chi connectivity index (χ2v) is 5.56. The van der Waals surface area contributed by atoms with Crippen LogP contribution in [0.2, 0.25) is 0 Å². The van der Waals surface area contributed by atoms with Gasteiger partial charge in [0.15, 0.2) is 0 Å². The molecule has 0 atom stereocenters. The molecule has 0 aromatic rings. The third-order valence-corrected chi connectivity index (χ3v) is 4.04. The van der Waals surface area contributed by atoms with Crippen LogP contribution in [0, 0.1) is 12.2 Å². The zero-order chi connectivity index (χ0) is 13.5. The van der Waals surface area contributed by atoms with E-state index in [1.807, 2.05) is 0 Å². The fourth-order valence-electron chi connectivity index (χ4n) is 2.84. The summed E-state index contributed by atoms with van der Waals surface area (Å²) in [6, 6.07) is 0. The summed E-state index contributed by atoms with van der Waals surface area (Å²) in [6.45, 7) is 4.53. The van der Waals surface area contributed by atoms with Crippen LogP contribution in [-0.2, 0) is 21.7 Å². The van der Waals surface area contributed by atoms with E-state index in [9.17, 15) is 0 Å². The van der Waals surface area contributed by atoms with Crippen LogP contribution in [0.3, 0.4) is 0 Å². The van der Waals surface area contributed by atoms with E-state index in [0.717, 1.165) is 19.3 Å². The summed E-state index contributed by atoms with van der Waals surface area (Å²) in [5.74, 6) is 0. The third-order valence-electron chi connectivity index (χ3n) is 4.04. The van der Waals surface area contributed by atoms with Gasteiger partial charge in [-0.05, 0) is 0 Å². The number of unbranched alkanes of at least 4 members (excludes halogenated alkanes) is 2. The third kappa shape index (κ3) is 7.22. The molecule has 2 aliphatic rings. The molecule has 2 rings (SSSR count). The Morgan fingerprint density at radius 1 is 0.818 bits per heavy atom. The Bertz CT molecular complexity index is 391. The van der Waals surface area contributed by atoms with Crippen molar-refractivity contribution >= 4 is 0 Å². The van der Waals surface area contributed by atoms with Crippen molar-refractivity contribution in [2.24, 2.45) is 0 Å². The molecule has 0 N–H and O–H groups in total. The first-order chi connectivity index (χ1) is 9.35. The van der Waals surface area contributed by atoms with Gasteiger partial charge in [-0.15, -0.1) is 19.3 Å². The first-order valence-electron chi connectivity index (χ1n) is 7.93. The standard InChI is InChI=1S/C19H26.2ClH.Ti/c1-3-5-9-16-11-7-13-18(16)15-19-14-8-12-17(19)10-6-4-2;;;/h13-14H,3-10,15H2,1-2H3;2*1H;/q-2;;;+4/p-2. The molecule has 22 heavy (non-hydrogen) atoms. The van der Waals surface area contributed by atoms with E-state index in [4.69, 9.17) is 0 Å². The van der Waals surface area contributed by atoms with Crippen molar-refractivity contribution in [1.29, 1.82) is 0 Å². The Morgan fingerprint density at radius 3 is 1.59 bits per heavy atom. The smallest absolute Gasteiger partial charge is 1.00 e. The minimum atomic E-state index is 0. The van der Waals surface area contributed by atoms with Crippen molar-refractivity contribution in [2.75, 3.05) is 0 Å². The van der Waals surface area contributed by atoms with Gasteiger partial charge in [-0.1, -0.05) is 52.4 Å². The average molecular weight is 373 g/mol. The molecule has 2 aliphatic carbocycles. The van der Waals surface area contributed by atoms with Crippen molar-refractivity contribution < 1.29 is 46.5 Å². The van der Waals surface area contributed by atoms with E-state index in [0.29, 0.717) is 0 Å². The molecule has 0 amide bonds. The van der Waals surface area contributed by atoms with E-state index in [2.05, 4.69) is 38.2 Å². The van der Waals surface area contributed by atoms with Crippen LogP contribution in [0.1, 0.15) is 71.6 Å². The zero-order valence-electron chi connectivity index (χ0n) is 13.8. The van der Waals surface area contributed by atoms with E-state index < -0.39 is 0 Å². The van der Waals surface area contributed by atoms with E-state index in [1.54, 1.807) is 0 Å². The van der Waals surface area contributed by atoms with Gasteiger partial charge in [-0.3, -0.25) is 12.2 Å². The van der Waals surface area contributed by atoms with Crippen LogP contribution in [0.15, 0.2) is 34.4 Å². The van der Waals surface area contributed by atoms with Crippen molar-refractivity contribution in [2.45, 2.75) is 71.6 Å². The first-order valence-corrected chi connectivity index (χ1v) is 7.93. The number of allylic oxidation sites excluding steroid dienone is 8. The normalized spacial score (nSPS) is 15.7. The molecule has 0 nitrogen and oxygen atoms in total. The van der Waals surface area contributed by atoms with E-state index >= 15 is 0 Å². The molecule has 0 heterocycles. The Balaban J connectivity index is 0. The molecule has 0 spiro atoms. The van der Waals surface area contributed by atoms with Gasteiger partial charge < -0.3 is 24.8 Å². The monoisotopic (exact) mass is 372 g/mol. The molecular weight excluding hydrogens is 347 g/mol. The second kappa shape index (κ2) is 13.7. The minimum Gasteiger partial charge on any atom is -1.00 e. The van der Waals surface area contributed by atoms with Crippen molar-refractivity contribution in [3.05, 3.63) is 46.6 Å². The number of hydrogen-bond donors (Lipinski definition) is 0. The molecule has 0 bridgehead atoms. The van der Waals surface area contributed by atoms with Gasteiger partial charge in [0, 0.05) is 0 Å². The molecular formula is C19H26Cl2Ti. The van der Waals surface area contributed by atoms with E-state index in [-0.39, 0.29) is 46.5 Å². The number of halogens is 2. The number of hydrogen-bond acceptors (Lipinski definition) is 0. The van der Waals surface area contributed by atoms with Crippen LogP contribution in [0.5, 0.6) is 0 Å². The molecule has 0 radical (unpaired) electrons. The van der Waals surface area contributed by atoms with Crippen molar-refractivity contribution in [3.63, 3.8) is 0 Å². The molecule has 0 aliphatic heterocycles. The van der Waals surface area contributed by atoms with Gasteiger partial charge in [-0.2, -0.15) is 12.2 Å². The van der Waals surface area contributed by atoms with Crippen LogP contribution in [0.4, 0.5) is 0 Å². The summed E-state index contributed by atoms with van der Waals surface area (Å²) < 4.78 is 0. The predicted octanol–water partition coefficient (Wildman–Crippen LogP) is -0.118. The Hall–Kier alpha value is 0.254. The topological polar surface area (TPSA) is 0 Å². The molecule has 0 aromatic carbocycles. The van der Waals surface area contributed by atoms with Crippen LogP contribution in [-0.4, -0.2) is 0 Å². The fourth-order valence-corrected chi connectivity index (χ4v) is 2.84. The summed E-state index contributed by atoms with van der Waals surface area (Å²) in [4.78, 5) is 0. The summed E-state index contributed by atoms with van der Waals surface area (Å²) in [5, 5.41) is 0. The Kier molecular flexibility index (Phi) is 15.2. The SMILES string of the molecule is CCCCC1=[C-]CC=C1CC1=CC[C-]=C1CCCC.[Cl-].[Cl-].[Ti+4]. The molecule has 0 fully saturated rings. The Labute approximate surface area is 164 Å². The minimum absolute atomic E-state index is 0. The van der Waals surface area contributed by atoms with Crippen molar-refractivity contribution in [3.8, 4) is 0 Å². The molecule has 120 valence electrons. The maximum Gasteiger partial charge on any atom is 4.00 e. The number of rotatable bonds is 8. The second-order valence-electron chi connectivity index (χ2n) is 5.56. The molecule has 3 heteroatoms. The molecule has 0 saturated heterocycles. The molecule has 0 aromatic heterocycles. The summed E-state index contributed by atoms with van der Waals surface area (Å²) in [5.41, 5.74) is 6.06. The van der Waals surface area contributed by atoms with Crippen molar-refractivity contribution in [1.82, 2.24) is 0 Å². The maximum atomic E-state index is 3.54. The zero-order valence-corrected chi connectivity index (χ0v) is 16.8. The van der Waals surface area contributed by atoms with Gasteiger partial charge in [0.1, 0.15) is 0 Å². The van der Waals surface area contributed by atoms with Crippen LogP contribution >= 0.6 is 0 Å². The Morgan fingerprint density at radius 2 is 1.23 bits per heavy atom. The van der Waals surface area contributed by atoms with Gasteiger partial charge in [0.05, 0.1) is 0 Å². The average Bonchev–Trinajstić information content (AvgIpc) is 3.04. The first kappa shape index (κ1) is 24.5. The van der Waals surface area contributed by atoms with Gasteiger partial charge in [0.25, 0.3) is 0 Å². The van der Waals surface area contributed by atoms with Gasteiger partial charge in [0.2, 0.25) is 0 Å². The summed E-state index contributed by atoms with van der Waals surface area (Å²) >= 11 is 0. The summed E-state index contributed by atoms with van der Waals surface area (Å²) in [7, 11) is 0. The van der Waals surface area contributed by atoms with E-state index in [1.165, 1.54) is 60.8 Å². The summed E-state index contributed by atoms with van der Waals surface area (Å²) in [6.07, 6.45) is 22.6. The fraction of sp³-hybridized carbons (Fsp3) is 0.579.